The van der Waals surface area contributed by atoms with E-state index in [9.17, 15) is 0 Å². The Morgan fingerprint density at radius 1 is 1.36 bits per heavy atom. The zero-order valence-electron chi connectivity index (χ0n) is 7.94. The van der Waals surface area contributed by atoms with Crippen molar-refractivity contribution in [1.29, 1.82) is 0 Å². The van der Waals surface area contributed by atoms with Gasteiger partial charge in [0, 0.05) is 6.04 Å². The first kappa shape index (κ1) is 9.58. The molecule has 0 saturated carbocycles. The topological polar surface area (TPSA) is 63.8 Å². The maximum absolute atomic E-state index is 5.55. The van der Waals surface area contributed by atoms with E-state index in [1.165, 1.54) is 24.3 Å². The van der Waals surface area contributed by atoms with Crippen molar-refractivity contribution in [2.75, 3.05) is 22.6 Å². The number of nitrogens with two attached hydrogens (primary N) is 1. The predicted molar refractivity (Wildman–Crippen MR) is 60.4 cm³/mol. The number of anilines is 2. The maximum Gasteiger partial charge on any atom is 0.147 e. The second-order valence-electron chi connectivity index (χ2n) is 3.36. The van der Waals surface area contributed by atoms with Crippen molar-refractivity contribution in [2.24, 2.45) is 0 Å². The highest BCUT2D eigenvalue weighted by Crippen LogP contribution is 2.19. The molecule has 1 fully saturated rings. The van der Waals surface area contributed by atoms with Crippen molar-refractivity contribution in [3.63, 3.8) is 0 Å². The van der Waals surface area contributed by atoms with Crippen LogP contribution in [0.4, 0.5) is 11.6 Å². The Morgan fingerprint density at radius 2 is 2.14 bits per heavy atom. The van der Waals surface area contributed by atoms with Crippen molar-refractivity contribution in [3.8, 4) is 0 Å². The number of aromatic nitrogens is 2. The third-order valence-corrected chi connectivity index (χ3v) is 3.28. The molecule has 14 heavy (non-hydrogen) atoms. The van der Waals surface area contributed by atoms with E-state index in [2.05, 4.69) is 15.3 Å². The zero-order valence-corrected chi connectivity index (χ0v) is 8.76. The maximum atomic E-state index is 5.55. The van der Waals surface area contributed by atoms with Crippen molar-refractivity contribution < 1.29 is 0 Å². The van der Waals surface area contributed by atoms with Gasteiger partial charge in [-0.1, -0.05) is 0 Å². The first-order chi connectivity index (χ1) is 6.84. The minimum absolute atomic E-state index is 0.472. The quantitative estimate of drug-likeness (QED) is 0.771. The van der Waals surface area contributed by atoms with Gasteiger partial charge < -0.3 is 11.1 Å². The molecule has 1 aliphatic heterocycles. The van der Waals surface area contributed by atoms with Gasteiger partial charge in [0.15, 0.2) is 0 Å². The average molecular weight is 210 g/mol. The summed E-state index contributed by atoms with van der Waals surface area (Å²) in [6.07, 6.45) is 5.67. The van der Waals surface area contributed by atoms with Crippen LogP contribution in [0.2, 0.25) is 0 Å². The minimum Gasteiger partial charge on any atom is -0.382 e. The Hall–Kier alpha value is -0.970. The molecule has 3 N–H and O–H groups in total. The van der Waals surface area contributed by atoms with E-state index in [0.29, 0.717) is 11.9 Å². The summed E-state index contributed by atoms with van der Waals surface area (Å²) in [5, 5.41) is 3.35. The second-order valence-corrected chi connectivity index (χ2v) is 4.58. The largest absolute Gasteiger partial charge is 0.382 e. The third-order valence-electron chi connectivity index (χ3n) is 2.23. The van der Waals surface area contributed by atoms with Gasteiger partial charge in [0.2, 0.25) is 0 Å². The standard InChI is InChI=1S/C9H14N4S/c10-8-5-11-6-9(13-8)12-7-1-3-14-4-2-7/h5-7H,1-4H2,(H3,10,12,13). The number of nitrogens with one attached hydrogen (secondary N) is 1. The lowest BCUT2D eigenvalue weighted by Gasteiger charge is -2.22. The summed E-state index contributed by atoms with van der Waals surface area (Å²) in [7, 11) is 0. The molecule has 5 heteroatoms. The van der Waals surface area contributed by atoms with Crippen molar-refractivity contribution in [3.05, 3.63) is 12.4 Å². The normalized spacial score (nSPS) is 18.0. The molecule has 2 heterocycles. The molecular formula is C9H14N4S. The highest BCUT2D eigenvalue weighted by atomic mass is 32.2. The van der Waals surface area contributed by atoms with Crippen LogP contribution in [-0.4, -0.2) is 27.5 Å². The molecule has 2 rings (SSSR count). The molecule has 1 saturated heterocycles. The van der Waals surface area contributed by atoms with Crippen LogP contribution in [0.5, 0.6) is 0 Å². The fraction of sp³-hybridized carbons (Fsp3) is 0.556. The summed E-state index contributed by atoms with van der Waals surface area (Å²) >= 11 is 2.01. The summed E-state index contributed by atoms with van der Waals surface area (Å²) in [5.74, 6) is 3.72. The number of thioether (sulfide) groups is 1. The first-order valence-corrected chi connectivity index (χ1v) is 5.92. The van der Waals surface area contributed by atoms with Crippen LogP contribution in [-0.2, 0) is 0 Å². The molecule has 4 nitrogen and oxygen atoms in total. The molecule has 0 spiro atoms. The van der Waals surface area contributed by atoms with Crippen LogP contribution < -0.4 is 11.1 Å². The Balaban J connectivity index is 1.95. The van der Waals surface area contributed by atoms with Gasteiger partial charge in [-0.3, -0.25) is 4.98 Å². The second kappa shape index (κ2) is 4.50. The zero-order chi connectivity index (χ0) is 9.80. The van der Waals surface area contributed by atoms with Gasteiger partial charge in [0.25, 0.3) is 0 Å². The first-order valence-electron chi connectivity index (χ1n) is 4.76. The van der Waals surface area contributed by atoms with Gasteiger partial charge in [-0.25, -0.2) is 4.98 Å². The van der Waals surface area contributed by atoms with Crippen molar-refractivity contribution in [2.45, 2.75) is 18.9 Å². The Labute approximate surface area is 87.7 Å². The van der Waals surface area contributed by atoms with E-state index in [0.717, 1.165) is 5.82 Å². The van der Waals surface area contributed by atoms with E-state index in [1.807, 2.05) is 11.8 Å². The minimum atomic E-state index is 0.472. The highest BCUT2D eigenvalue weighted by molar-refractivity contribution is 7.99. The summed E-state index contributed by atoms with van der Waals surface area (Å²) in [6, 6.07) is 0.535. The Kier molecular flexibility index (Phi) is 3.08. The number of nitrogens with zero attached hydrogens (tertiary/aromatic N) is 2. The van der Waals surface area contributed by atoms with Gasteiger partial charge in [0.05, 0.1) is 12.4 Å². The molecule has 1 aliphatic rings. The van der Waals surface area contributed by atoms with E-state index in [4.69, 9.17) is 5.73 Å². The lowest BCUT2D eigenvalue weighted by atomic mass is 10.1. The van der Waals surface area contributed by atoms with E-state index >= 15 is 0 Å². The van der Waals surface area contributed by atoms with Crippen molar-refractivity contribution >= 4 is 23.4 Å². The van der Waals surface area contributed by atoms with Gasteiger partial charge in [-0.05, 0) is 24.3 Å². The van der Waals surface area contributed by atoms with Gasteiger partial charge in [-0.2, -0.15) is 11.8 Å². The summed E-state index contributed by atoms with van der Waals surface area (Å²) in [5.41, 5.74) is 5.55. The number of nitrogen functional groups attached to an aromatic ring is 1. The van der Waals surface area contributed by atoms with Crippen LogP contribution in [0.15, 0.2) is 12.4 Å². The van der Waals surface area contributed by atoms with Gasteiger partial charge >= 0.3 is 0 Å². The van der Waals surface area contributed by atoms with Crippen LogP contribution in [0.3, 0.4) is 0 Å². The summed E-state index contributed by atoms with van der Waals surface area (Å²) in [6.45, 7) is 0. The fourth-order valence-corrected chi connectivity index (χ4v) is 2.61. The monoisotopic (exact) mass is 210 g/mol. The Morgan fingerprint density at radius 3 is 2.86 bits per heavy atom. The fourth-order valence-electron chi connectivity index (χ4n) is 1.50. The number of rotatable bonds is 2. The van der Waals surface area contributed by atoms with Crippen LogP contribution >= 0.6 is 11.8 Å². The molecule has 0 radical (unpaired) electrons. The van der Waals surface area contributed by atoms with Crippen molar-refractivity contribution in [1.82, 2.24) is 9.97 Å². The number of hydrogen-bond acceptors (Lipinski definition) is 5. The van der Waals surface area contributed by atoms with Gasteiger partial charge in [-0.15, -0.1) is 0 Å². The molecule has 0 bridgehead atoms. The number of hydrogen-bond donors (Lipinski definition) is 2. The molecule has 0 aliphatic carbocycles. The highest BCUT2D eigenvalue weighted by Gasteiger charge is 2.13. The molecule has 0 aromatic carbocycles. The SMILES string of the molecule is Nc1cncc(NC2CCSCC2)n1. The third kappa shape index (κ3) is 2.51. The average Bonchev–Trinajstić information content (AvgIpc) is 2.19. The molecular weight excluding hydrogens is 196 g/mol. The van der Waals surface area contributed by atoms with Crippen LogP contribution in [0.1, 0.15) is 12.8 Å². The molecule has 76 valence electrons. The lowest BCUT2D eigenvalue weighted by molar-refractivity contribution is 0.663. The Bertz CT molecular complexity index is 299. The smallest absolute Gasteiger partial charge is 0.147 e. The summed E-state index contributed by atoms with van der Waals surface area (Å²) in [4.78, 5) is 8.16. The summed E-state index contributed by atoms with van der Waals surface area (Å²) < 4.78 is 0. The van der Waals surface area contributed by atoms with E-state index in [1.54, 1.807) is 12.4 Å². The molecule has 1 aromatic heterocycles. The van der Waals surface area contributed by atoms with Crippen LogP contribution in [0, 0.1) is 0 Å². The molecule has 1 aromatic rings. The van der Waals surface area contributed by atoms with E-state index < -0.39 is 0 Å². The molecule has 0 unspecified atom stereocenters. The lowest BCUT2D eigenvalue weighted by Crippen LogP contribution is -2.25. The van der Waals surface area contributed by atoms with E-state index in [-0.39, 0.29) is 0 Å². The van der Waals surface area contributed by atoms with Gasteiger partial charge in [0.1, 0.15) is 11.6 Å². The predicted octanol–water partition coefficient (Wildman–Crippen LogP) is 1.37. The van der Waals surface area contributed by atoms with Crippen LogP contribution in [0.25, 0.3) is 0 Å². The molecule has 0 amide bonds. The molecule has 0 atom stereocenters.